The van der Waals surface area contributed by atoms with E-state index in [0.717, 1.165) is 47.8 Å². The molecule has 31 heavy (non-hydrogen) atoms. The number of amides is 1. The van der Waals surface area contributed by atoms with Crippen LogP contribution in [0.1, 0.15) is 40.7 Å². The highest BCUT2D eigenvalue weighted by Gasteiger charge is 2.47. The van der Waals surface area contributed by atoms with E-state index < -0.39 is 5.54 Å². The van der Waals surface area contributed by atoms with E-state index in [1.165, 1.54) is 0 Å². The van der Waals surface area contributed by atoms with Crippen molar-refractivity contribution in [2.45, 2.75) is 37.8 Å². The number of pyridine rings is 1. The van der Waals surface area contributed by atoms with Gasteiger partial charge in [0.1, 0.15) is 12.4 Å². The minimum atomic E-state index is -0.497. The van der Waals surface area contributed by atoms with Gasteiger partial charge in [0.2, 0.25) is 5.56 Å². The van der Waals surface area contributed by atoms with Crippen LogP contribution in [0.25, 0.3) is 10.9 Å². The zero-order valence-corrected chi connectivity index (χ0v) is 17.9. The van der Waals surface area contributed by atoms with Gasteiger partial charge in [-0.1, -0.05) is 24.3 Å². The van der Waals surface area contributed by atoms with Crippen molar-refractivity contribution in [2.75, 3.05) is 20.2 Å². The van der Waals surface area contributed by atoms with Crippen molar-refractivity contribution in [1.29, 1.82) is 0 Å². The molecule has 1 aliphatic heterocycles. The third-order valence-corrected chi connectivity index (χ3v) is 6.70. The van der Waals surface area contributed by atoms with Crippen LogP contribution in [0.4, 0.5) is 0 Å². The van der Waals surface area contributed by atoms with Crippen molar-refractivity contribution >= 4 is 16.8 Å². The monoisotopic (exact) mass is 417 g/mol. The second kappa shape index (κ2) is 7.54. The summed E-state index contributed by atoms with van der Waals surface area (Å²) in [5.74, 6) is 0.577. The summed E-state index contributed by atoms with van der Waals surface area (Å²) >= 11 is 0. The highest BCUT2D eigenvalue weighted by Crippen LogP contribution is 2.47. The summed E-state index contributed by atoms with van der Waals surface area (Å²) in [6.45, 7) is 3.67. The summed E-state index contributed by atoms with van der Waals surface area (Å²) in [6, 6.07) is 15.5. The van der Waals surface area contributed by atoms with E-state index in [4.69, 9.17) is 4.74 Å². The number of ether oxygens (including phenoxy) is 1. The van der Waals surface area contributed by atoms with Crippen LogP contribution in [0, 0.1) is 6.92 Å². The Hall–Kier alpha value is -3.12. The van der Waals surface area contributed by atoms with Crippen molar-refractivity contribution in [3.8, 4) is 5.75 Å². The van der Waals surface area contributed by atoms with Gasteiger partial charge in [-0.25, -0.2) is 0 Å². The molecule has 1 amide bonds. The molecule has 160 valence electrons. The molecule has 3 aromatic rings. The number of hydrogen-bond acceptors (Lipinski definition) is 4. The molecule has 0 spiro atoms. The second-order valence-corrected chi connectivity index (χ2v) is 8.84. The van der Waals surface area contributed by atoms with Gasteiger partial charge in [-0.2, -0.15) is 0 Å². The number of aromatic amines is 1. The van der Waals surface area contributed by atoms with Gasteiger partial charge in [0, 0.05) is 28.6 Å². The van der Waals surface area contributed by atoms with Crippen LogP contribution in [0.3, 0.4) is 0 Å². The number of rotatable bonds is 6. The molecule has 1 aliphatic carbocycles. The summed E-state index contributed by atoms with van der Waals surface area (Å²) in [4.78, 5) is 30.6. The molecule has 2 N–H and O–H groups in total. The lowest BCUT2D eigenvalue weighted by Gasteiger charge is -2.37. The second-order valence-electron chi connectivity index (χ2n) is 8.84. The molecule has 1 saturated carbocycles. The average Bonchev–Trinajstić information content (AvgIpc) is 3.53. The fourth-order valence-electron chi connectivity index (χ4n) is 4.38. The van der Waals surface area contributed by atoms with Gasteiger partial charge in [-0.3, -0.25) is 14.5 Å². The number of hydrogen-bond donors (Lipinski definition) is 2. The normalized spacial score (nSPS) is 19.6. The molecule has 2 aliphatic rings. The number of benzene rings is 2. The number of nitrogens with one attached hydrogen (secondary N) is 2. The van der Waals surface area contributed by atoms with Gasteiger partial charge in [0.15, 0.2) is 0 Å². The molecule has 0 unspecified atom stereocenters. The number of carbonyl (C=O) groups is 1. The van der Waals surface area contributed by atoms with E-state index >= 15 is 0 Å². The Kier molecular flexibility index (Phi) is 4.82. The molecule has 6 heteroatoms. The largest absolute Gasteiger partial charge is 0.492 e. The highest BCUT2D eigenvalue weighted by molar-refractivity contribution is 5.97. The van der Waals surface area contributed by atoms with E-state index in [1.54, 1.807) is 6.07 Å². The molecular formula is C25H27N3O3. The zero-order chi connectivity index (χ0) is 21.6. The number of aryl methyl sites for hydroxylation is 1. The molecule has 1 atom stereocenters. The number of nitrogens with zero attached hydrogens (tertiary/aromatic N) is 1. The lowest BCUT2D eigenvalue weighted by Crippen LogP contribution is -2.48. The zero-order valence-electron chi connectivity index (χ0n) is 17.9. The van der Waals surface area contributed by atoms with Crippen LogP contribution in [0.2, 0.25) is 0 Å². The molecule has 0 radical (unpaired) electrons. The molecule has 1 aromatic heterocycles. The third kappa shape index (κ3) is 3.72. The number of likely N-dealkylation sites (N-methyl/N-ethyl adjacent to an activating group) is 1. The van der Waals surface area contributed by atoms with Crippen molar-refractivity contribution in [3.05, 3.63) is 75.6 Å². The summed E-state index contributed by atoms with van der Waals surface area (Å²) in [6.07, 6.45) is 2.77. The fraction of sp³-hybridized carbons (Fsp3) is 0.360. The lowest BCUT2D eigenvalue weighted by atomic mass is 9.99. The van der Waals surface area contributed by atoms with Crippen LogP contribution < -0.4 is 15.6 Å². The smallest absolute Gasteiger partial charge is 0.252 e. The quantitative estimate of drug-likeness (QED) is 0.645. The van der Waals surface area contributed by atoms with Gasteiger partial charge in [0.25, 0.3) is 5.91 Å². The van der Waals surface area contributed by atoms with E-state index in [-0.39, 0.29) is 11.5 Å². The minimum Gasteiger partial charge on any atom is -0.492 e. The number of aromatic nitrogens is 1. The first-order chi connectivity index (χ1) is 14.9. The van der Waals surface area contributed by atoms with Gasteiger partial charge in [-0.15, -0.1) is 0 Å². The van der Waals surface area contributed by atoms with Gasteiger partial charge in [0.05, 0.1) is 5.54 Å². The Morgan fingerprint density at radius 2 is 2.03 bits per heavy atom. The summed E-state index contributed by atoms with van der Waals surface area (Å²) in [5.41, 5.74) is 2.54. The maximum Gasteiger partial charge on any atom is 0.252 e. The van der Waals surface area contributed by atoms with Crippen LogP contribution in [-0.4, -0.2) is 42.0 Å². The van der Waals surface area contributed by atoms with Crippen LogP contribution in [0.5, 0.6) is 5.75 Å². The molecule has 5 rings (SSSR count). The van der Waals surface area contributed by atoms with Crippen molar-refractivity contribution < 1.29 is 9.53 Å². The predicted molar refractivity (Wildman–Crippen MR) is 121 cm³/mol. The molecular weight excluding hydrogens is 390 g/mol. The predicted octanol–water partition coefficient (Wildman–Crippen LogP) is 3.34. The Labute approximate surface area is 181 Å². The average molecular weight is 418 g/mol. The van der Waals surface area contributed by atoms with E-state index in [1.807, 2.05) is 49.4 Å². The summed E-state index contributed by atoms with van der Waals surface area (Å²) in [5, 5.41) is 4.20. The number of H-pyrrole nitrogens is 1. The van der Waals surface area contributed by atoms with Crippen molar-refractivity contribution in [1.82, 2.24) is 15.2 Å². The van der Waals surface area contributed by atoms with E-state index in [0.29, 0.717) is 24.0 Å². The molecule has 2 fully saturated rings. The van der Waals surface area contributed by atoms with Gasteiger partial charge < -0.3 is 15.0 Å². The number of likely N-dealkylation sites (tertiary alicyclic amines) is 1. The number of fused-ring (bicyclic) bond motifs is 1. The first kappa shape index (κ1) is 19.8. The first-order valence-electron chi connectivity index (χ1n) is 10.8. The van der Waals surface area contributed by atoms with Gasteiger partial charge >= 0.3 is 0 Å². The van der Waals surface area contributed by atoms with E-state index in [2.05, 4.69) is 22.2 Å². The van der Waals surface area contributed by atoms with Crippen molar-refractivity contribution in [3.63, 3.8) is 0 Å². The van der Waals surface area contributed by atoms with Crippen LogP contribution >= 0.6 is 0 Å². The third-order valence-electron chi connectivity index (χ3n) is 6.70. The molecule has 2 aromatic carbocycles. The summed E-state index contributed by atoms with van der Waals surface area (Å²) < 4.78 is 5.96. The van der Waals surface area contributed by atoms with E-state index in [9.17, 15) is 9.59 Å². The molecule has 2 heterocycles. The molecule has 1 saturated heterocycles. The van der Waals surface area contributed by atoms with Crippen molar-refractivity contribution in [2.24, 2.45) is 0 Å². The Balaban J connectivity index is 1.39. The Morgan fingerprint density at radius 1 is 1.23 bits per heavy atom. The number of carbonyl (C=O) groups excluding carboxylic acids is 1. The first-order valence-corrected chi connectivity index (χ1v) is 10.8. The Morgan fingerprint density at radius 3 is 2.74 bits per heavy atom. The standard InChI is InChI=1S/C25H27N3O3/c1-16-7-8-18(31-15-17-9-12-28(17)2)13-20(16)24(30)27-25(10-11-25)21-14-23(29)26-22-6-4-3-5-19(21)22/h3-8,13-14,17H,9-12,15H2,1-2H3,(H,26,29)(H,27,30)/t17-/m0/s1. The molecule has 0 bridgehead atoms. The Bertz CT molecular complexity index is 1210. The highest BCUT2D eigenvalue weighted by atomic mass is 16.5. The van der Waals surface area contributed by atoms with Gasteiger partial charge in [-0.05, 0) is 69.1 Å². The van der Waals surface area contributed by atoms with Crippen LogP contribution in [0.15, 0.2) is 53.3 Å². The lowest BCUT2D eigenvalue weighted by molar-refractivity contribution is 0.0767. The minimum absolute atomic E-state index is 0.134. The molecule has 6 nitrogen and oxygen atoms in total. The summed E-state index contributed by atoms with van der Waals surface area (Å²) in [7, 11) is 2.10. The van der Waals surface area contributed by atoms with Crippen LogP contribution in [-0.2, 0) is 5.54 Å². The number of para-hydroxylation sites is 1. The maximum atomic E-state index is 13.3. The fourth-order valence-corrected chi connectivity index (χ4v) is 4.38. The topological polar surface area (TPSA) is 74.4 Å². The maximum absolute atomic E-state index is 13.3. The SMILES string of the molecule is Cc1ccc(OC[C@@H]2CCN2C)cc1C(=O)NC1(c2cc(=O)[nH]c3ccccc23)CC1.